The molecule has 2 nitrogen and oxygen atoms in total. The van der Waals surface area contributed by atoms with E-state index in [1.807, 2.05) is 6.07 Å². The zero-order chi connectivity index (χ0) is 10.6. The molecule has 0 fully saturated rings. The first kappa shape index (κ1) is 11.3. The van der Waals surface area contributed by atoms with E-state index in [-0.39, 0.29) is 0 Å². The fourth-order valence-corrected chi connectivity index (χ4v) is 1.41. The Kier molecular flexibility index (Phi) is 4.21. The van der Waals surface area contributed by atoms with Crippen LogP contribution in [0, 0.1) is 5.92 Å². The molecule has 0 radical (unpaired) electrons. The molecule has 1 aromatic rings. The van der Waals surface area contributed by atoms with E-state index in [9.17, 15) is 0 Å². The zero-order valence-electron chi connectivity index (χ0n) is 8.92. The van der Waals surface area contributed by atoms with E-state index in [4.69, 9.17) is 11.6 Å². The second kappa shape index (κ2) is 5.20. The van der Waals surface area contributed by atoms with E-state index < -0.39 is 0 Å². The van der Waals surface area contributed by atoms with E-state index >= 15 is 0 Å². The molecule has 2 atom stereocenters. The van der Waals surface area contributed by atoms with Crippen molar-refractivity contribution in [2.75, 3.05) is 5.32 Å². The maximum atomic E-state index is 5.99. The minimum absolute atomic E-state index is 0.430. The first-order chi connectivity index (χ1) is 6.65. The van der Waals surface area contributed by atoms with Gasteiger partial charge in [0.2, 0.25) is 0 Å². The van der Waals surface area contributed by atoms with Crippen molar-refractivity contribution in [3.63, 3.8) is 0 Å². The molecular formula is C11H17ClN2. The Labute approximate surface area is 90.7 Å². The minimum atomic E-state index is 0.430. The van der Waals surface area contributed by atoms with Gasteiger partial charge in [-0.25, -0.2) is 0 Å². The monoisotopic (exact) mass is 212 g/mol. The van der Waals surface area contributed by atoms with E-state index in [1.165, 1.54) is 0 Å². The molecule has 0 bridgehead atoms. The number of nitrogens with one attached hydrogen (secondary N) is 1. The van der Waals surface area contributed by atoms with Gasteiger partial charge in [0, 0.05) is 18.4 Å². The topological polar surface area (TPSA) is 24.9 Å². The lowest BCUT2D eigenvalue weighted by Crippen LogP contribution is -2.23. The van der Waals surface area contributed by atoms with E-state index in [0.29, 0.717) is 17.0 Å². The molecule has 1 aromatic heterocycles. The molecule has 78 valence electrons. The summed E-state index contributed by atoms with van der Waals surface area (Å²) in [5, 5.41) is 4.07. The third kappa shape index (κ3) is 2.88. The molecular weight excluding hydrogens is 196 g/mol. The number of halogens is 1. The lowest BCUT2D eigenvalue weighted by molar-refractivity contribution is 0.494. The van der Waals surface area contributed by atoms with Gasteiger partial charge in [0.1, 0.15) is 0 Å². The first-order valence-corrected chi connectivity index (χ1v) is 5.39. The highest BCUT2D eigenvalue weighted by Crippen LogP contribution is 2.22. The van der Waals surface area contributed by atoms with Crippen LogP contribution in [0.25, 0.3) is 0 Å². The molecule has 14 heavy (non-hydrogen) atoms. The molecule has 0 aliphatic heterocycles. The van der Waals surface area contributed by atoms with Crippen LogP contribution >= 0.6 is 11.6 Å². The van der Waals surface area contributed by atoms with Crippen molar-refractivity contribution < 1.29 is 0 Å². The summed E-state index contributed by atoms with van der Waals surface area (Å²) in [4.78, 5) is 3.95. The Balaban J connectivity index is 2.64. The van der Waals surface area contributed by atoms with Crippen molar-refractivity contribution in [2.45, 2.75) is 33.2 Å². The van der Waals surface area contributed by atoms with Crippen molar-refractivity contribution >= 4 is 17.3 Å². The Morgan fingerprint density at radius 2 is 2.21 bits per heavy atom. The third-order valence-corrected chi connectivity index (χ3v) is 2.95. The van der Waals surface area contributed by atoms with Crippen LogP contribution in [-0.4, -0.2) is 11.0 Å². The van der Waals surface area contributed by atoms with Gasteiger partial charge in [0.05, 0.1) is 10.7 Å². The van der Waals surface area contributed by atoms with E-state index in [0.717, 1.165) is 12.1 Å². The van der Waals surface area contributed by atoms with Gasteiger partial charge in [0.25, 0.3) is 0 Å². The van der Waals surface area contributed by atoms with Crippen LogP contribution < -0.4 is 5.32 Å². The lowest BCUT2D eigenvalue weighted by Gasteiger charge is -2.21. The highest BCUT2D eigenvalue weighted by atomic mass is 35.5. The van der Waals surface area contributed by atoms with Crippen LogP contribution in [0.5, 0.6) is 0 Å². The Morgan fingerprint density at radius 1 is 1.50 bits per heavy atom. The van der Waals surface area contributed by atoms with Crippen LogP contribution in [0.2, 0.25) is 5.02 Å². The highest BCUT2D eigenvalue weighted by Gasteiger charge is 2.10. The predicted octanol–water partition coefficient (Wildman–Crippen LogP) is 3.58. The van der Waals surface area contributed by atoms with Crippen LogP contribution in [0.4, 0.5) is 5.69 Å². The fourth-order valence-electron chi connectivity index (χ4n) is 1.23. The van der Waals surface area contributed by atoms with Crippen LogP contribution in [0.1, 0.15) is 27.2 Å². The SMILES string of the molecule is CCC(C)C(C)Nc1ccncc1Cl. The van der Waals surface area contributed by atoms with Gasteiger partial charge in [0.15, 0.2) is 0 Å². The summed E-state index contributed by atoms with van der Waals surface area (Å²) >= 11 is 5.99. The number of hydrogen-bond donors (Lipinski definition) is 1. The average molecular weight is 213 g/mol. The largest absolute Gasteiger partial charge is 0.381 e. The Bertz CT molecular complexity index is 288. The van der Waals surface area contributed by atoms with E-state index in [2.05, 4.69) is 31.1 Å². The summed E-state index contributed by atoms with van der Waals surface area (Å²) in [6, 6.07) is 2.33. The molecule has 0 saturated heterocycles. The van der Waals surface area contributed by atoms with Gasteiger partial charge >= 0.3 is 0 Å². The van der Waals surface area contributed by atoms with Crippen LogP contribution in [0.3, 0.4) is 0 Å². The van der Waals surface area contributed by atoms with E-state index in [1.54, 1.807) is 12.4 Å². The minimum Gasteiger partial charge on any atom is -0.381 e. The molecule has 1 rings (SSSR count). The summed E-state index contributed by atoms with van der Waals surface area (Å²) in [6.45, 7) is 6.59. The molecule has 0 aromatic carbocycles. The van der Waals surface area contributed by atoms with Gasteiger partial charge in [-0.3, -0.25) is 4.98 Å². The van der Waals surface area contributed by atoms with Gasteiger partial charge in [-0.15, -0.1) is 0 Å². The molecule has 0 aliphatic carbocycles. The molecule has 0 amide bonds. The average Bonchev–Trinajstić information content (AvgIpc) is 2.20. The molecule has 3 heteroatoms. The number of hydrogen-bond acceptors (Lipinski definition) is 2. The van der Waals surface area contributed by atoms with Crippen LogP contribution in [0.15, 0.2) is 18.5 Å². The second-order valence-corrected chi connectivity index (χ2v) is 4.08. The van der Waals surface area contributed by atoms with Crippen LogP contribution in [-0.2, 0) is 0 Å². The molecule has 2 unspecified atom stereocenters. The number of anilines is 1. The molecule has 0 saturated carbocycles. The predicted molar refractivity (Wildman–Crippen MR) is 61.8 cm³/mol. The normalized spacial score (nSPS) is 14.9. The fraction of sp³-hybridized carbons (Fsp3) is 0.545. The lowest BCUT2D eigenvalue weighted by atomic mass is 10.0. The van der Waals surface area contributed by atoms with Crippen molar-refractivity contribution in [1.82, 2.24) is 4.98 Å². The Hall–Kier alpha value is -0.760. The molecule has 0 spiro atoms. The summed E-state index contributed by atoms with van der Waals surface area (Å²) in [5.74, 6) is 0.638. The highest BCUT2D eigenvalue weighted by molar-refractivity contribution is 6.33. The number of aromatic nitrogens is 1. The summed E-state index contributed by atoms with van der Waals surface area (Å²) in [6.07, 6.45) is 4.57. The van der Waals surface area contributed by atoms with Crippen molar-refractivity contribution in [1.29, 1.82) is 0 Å². The van der Waals surface area contributed by atoms with Gasteiger partial charge in [-0.2, -0.15) is 0 Å². The number of pyridine rings is 1. The number of rotatable bonds is 4. The maximum Gasteiger partial charge on any atom is 0.0820 e. The molecule has 1 N–H and O–H groups in total. The summed E-state index contributed by atoms with van der Waals surface area (Å²) in [5.41, 5.74) is 0.967. The standard InChI is InChI=1S/C11H17ClN2/c1-4-8(2)9(3)14-11-5-6-13-7-10(11)12/h5-9H,4H2,1-3H3,(H,13,14). The van der Waals surface area contributed by atoms with Gasteiger partial charge in [-0.1, -0.05) is 31.9 Å². The van der Waals surface area contributed by atoms with Gasteiger partial charge < -0.3 is 5.32 Å². The maximum absolute atomic E-state index is 5.99. The van der Waals surface area contributed by atoms with Crippen molar-refractivity contribution in [3.05, 3.63) is 23.5 Å². The molecule has 1 heterocycles. The first-order valence-electron chi connectivity index (χ1n) is 5.01. The Morgan fingerprint density at radius 3 is 2.79 bits per heavy atom. The summed E-state index contributed by atoms with van der Waals surface area (Å²) in [7, 11) is 0. The third-order valence-electron chi connectivity index (χ3n) is 2.65. The van der Waals surface area contributed by atoms with Gasteiger partial charge in [-0.05, 0) is 18.9 Å². The van der Waals surface area contributed by atoms with Crippen molar-refractivity contribution in [2.24, 2.45) is 5.92 Å². The summed E-state index contributed by atoms with van der Waals surface area (Å²) < 4.78 is 0. The smallest absolute Gasteiger partial charge is 0.0820 e. The zero-order valence-corrected chi connectivity index (χ0v) is 9.67. The molecule has 0 aliphatic rings. The van der Waals surface area contributed by atoms with Crippen molar-refractivity contribution in [3.8, 4) is 0 Å². The number of nitrogens with zero attached hydrogens (tertiary/aromatic N) is 1. The quantitative estimate of drug-likeness (QED) is 0.825. The second-order valence-electron chi connectivity index (χ2n) is 3.67.